The van der Waals surface area contributed by atoms with Gasteiger partial charge in [-0.3, -0.25) is 0 Å². The van der Waals surface area contributed by atoms with E-state index in [2.05, 4.69) is 4.74 Å². The minimum atomic E-state index is -0.611. The Labute approximate surface area is 106 Å². The first kappa shape index (κ1) is 13.9. The summed E-state index contributed by atoms with van der Waals surface area (Å²) in [6.45, 7) is 0. The molecule has 0 fully saturated rings. The summed E-state index contributed by atoms with van der Waals surface area (Å²) in [5.74, 6) is 0.222. The van der Waals surface area contributed by atoms with Gasteiger partial charge in [-0.1, -0.05) is 12.1 Å². The lowest BCUT2D eigenvalue weighted by atomic mass is 10.1. The number of carbonyl (C=O) groups excluding carboxylic acids is 1. The van der Waals surface area contributed by atoms with E-state index in [1.165, 1.54) is 28.4 Å². The van der Waals surface area contributed by atoms with E-state index in [-0.39, 0.29) is 11.5 Å². The first-order chi connectivity index (χ1) is 8.69. The van der Waals surface area contributed by atoms with Crippen molar-refractivity contribution in [2.24, 2.45) is 0 Å². The molecule has 18 heavy (non-hydrogen) atoms. The number of benzene rings is 1. The number of methoxy groups -OCH3 is 4. The molecule has 0 radical (unpaired) electrons. The Morgan fingerprint density at radius 1 is 0.944 bits per heavy atom. The van der Waals surface area contributed by atoms with Gasteiger partial charge < -0.3 is 18.9 Å². The number of hydrogen-bond acceptors (Lipinski definition) is 5. The van der Waals surface area contributed by atoms with Gasteiger partial charge in [0.25, 0.3) is 0 Å². The van der Waals surface area contributed by atoms with Gasteiger partial charge in [0.1, 0.15) is 5.75 Å². The number of rotatable bonds is 5. The third-order valence-corrected chi connectivity index (χ3v) is 2.34. The molecule has 0 aromatic heterocycles. The number of para-hydroxylation sites is 1. The molecule has 98 valence electrons. The largest absolute Gasteiger partial charge is 0.496 e. The minimum absolute atomic E-state index is 0.00972. The van der Waals surface area contributed by atoms with Crippen molar-refractivity contribution in [1.82, 2.24) is 0 Å². The smallest absolute Gasteiger partial charge is 0.377 e. The Bertz CT molecular complexity index is 450. The van der Waals surface area contributed by atoms with Crippen molar-refractivity contribution in [3.8, 4) is 5.75 Å². The van der Waals surface area contributed by atoms with E-state index in [0.29, 0.717) is 11.3 Å². The fraction of sp³-hybridized carbons (Fsp3) is 0.308. The summed E-state index contributed by atoms with van der Waals surface area (Å²) < 4.78 is 20.1. The third kappa shape index (κ3) is 2.74. The van der Waals surface area contributed by atoms with Crippen LogP contribution in [0.5, 0.6) is 5.75 Å². The SMILES string of the molecule is COC(=O)/C(OC)=C(\OC)c1ccccc1OC. The summed E-state index contributed by atoms with van der Waals surface area (Å²) in [4.78, 5) is 11.6. The second-order valence-corrected chi connectivity index (χ2v) is 3.26. The van der Waals surface area contributed by atoms with Crippen LogP contribution in [0.1, 0.15) is 5.56 Å². The van der Waals surface area contributed by atoms with Crippen molar-refractivity contribution >= 4 is 11.7 Å². The van der Waals surface area contributed by atoms with Gasteiger partial charge in [0.2, 0.25) is 5.76 Å². The van der Waals surface area contributed by atoms with Gasteiger partial charge in [-0.25, -0.2) is 4.79 Å². The molecule has 0 saturated carbocycles. The zero-order chi connectivity index (χ0) is 13.5. The van der Waals surface area contributed by atoms with Crippen molar-refractivity contribution in [2.45, 2.75) is 0 Å². The summed E-state index contributed by atoms with van der Waals surface area (Å²) in [6, 6.07) is 7.15. The van der Waals surface area contributed by atoms with Crippen LogP contribution in [0.25, 0.3) is 5.76 Å². The lowest BCUT2D eigenvalue weighted by molar-refractivity contribution is -0.139. The molecule has 1 aromatic rings. The Morgan fingerprint density at radius 3 is 2.11 bits per heavy atom. The highest BCUT2D eigenvalue weighted by molar-refractivity contribution is 5.94. The highest BCUT2D eigenvalue weighted by Gasteiger charge is 2.21. The van der Waals surface area contributed by atoms with Crippen molar-refractivity contribution in [3.63, 3.8) is 0 Å². The van der Waals surface area contributed by atoms with Gasteiger partial charge in [-0.05, 0) is 12.1 Å². The number of esters is 1. The van der Waals surface area contributed by atoms with Crippen LogP contribution in [0.15, 0.2) is 30.0 Å². The van der Waals surface area contributed by atoms with Gasteiger partial charge >= 0.3 is 5.97 Å². The van der Waals surface area contributed by atoms with E-state index in [9.17, 15) is 4.79 Å². The molecule has 0 spiro atoms. The van der Waals surface area contributed by atoms with Crippen LogP contribution in [0, 0.1) is 0 Å². The predicted octanol–water partition coefficient (Wildman–Crippen LogP) is 1.83. The Balaban J connectivity index is 3.39. The summed E-state index contributed by atoms with van der Waals surface area (Å²) >= 11 is 0. The lowest BCUT2D eigenvalue weighted by Crippen LogP contribution is -2.10. The topological polar surface area (TPSA) is 54.0 Å². The van der Waals surface area contributed by atoms with E-state index in [1.54, 1.807) is 18.2 Å². The van der Waals surface area contributed by atoms with E-state index in [1.807, 2.05) is 6.07 Å². The zero-order valence-corrected chi connectivity index (χ0v) is 10.9. The van der Waals surface area contributed by atoms with E-state index >= 15 is 0 Å². The molecule has 0 heterocycles. The molecule has 0 amide bonds. The fourth-order valence-electron chi connectivity index (χ4n) is 1.52. The average molecular weight is 252 g/mol. The van der Waals surface area contributed by atoms with Crippen LogP contribution in [0.4, 0.5) is 0 Å². The second kappa shape index (κ2) is 6.54. The van der Waals surface area contributed by atoms with Crippen LogP contribution >= 0.6 is 0 Å². The monoisotopic (exact) mass is 252 g/mol. The van der Waals surface area contributed by atoms with Gasteiger partial charge in [0, 0.05) is 0 Å². The Hall–Kier alpha value is -2.17. The normalized spacial score (nSPS) is 11.3. The van der Waals surface area contributed by atoms with Crippen molar-refractivity contribution in [1.29, 1.82) is 0 Å². The highest BCUT2D eigenvalue weighted by Crippen LogP contribution is 2.29. The second-order valence-electron chi connectivity index (χ2n) is 3.26. The third-order valence-electron chi connectivity index (χ3n) is 2.34. The van der Waals surface area contributed by atoms with Crippen molar-refractivity contribution in [3.05, 3.63) is 35.6 Å². The Kier molecular flexibility index (Phi) is 5.05. The molecule has 0 saturated heterocycles. The molecule has 0 atom stereocenters. The Morgan fingerprint density at radius 2 is 1.61 bits per heavy atom. The predicted molar refractivity (Wildman–Crippen MR) is 65.9 cm³/mol. The molecule has 1 rings (SSSR count). The molecular formula is C13H16O5. The summed E-state index contributed by atoms with van der Waals surface area (Å²) in [6.07, 6.45) is 0. The molecule has 0 unspecified atom stereocenters. The number of ether oxygens (including phenoxy) is 4. The van der Waals surface area contributed by atoms with Crippen LogP contribution in [0.3, 0.4) is 0 Å². The fourth-order valence-corrected chi connectivity index (χ4v) is 1.52. The maximum Gasteiger partial charge on any atom is 0.377 e. The standard InChI is InChI=1S/C13H16O5/c1-15-10-8-6-5-7-9(10)11(16-2)12(17-3)13(14)18-4/h5-8H,1-4H3/b12-11+. The van der Waals surface area contributed by atoms with Gasteiger partial charge in [0.05, 0.1) is 34.0 Å². The molecule has 0 aliphatic rings. The van der Waals surface area contributed by atoms with Gasteiger partial charge in [-0.15, -0.1) is 0 Å². The first-order valence-electron chi connectivity index (χ1n) is 5.23. The molecular weight excluding hydrogens is 236 g/mol. The maximum atomic E-state index is 11.6. The summed E-state index contributed by atoms with van der Waals surface area (Å²) in [5.41, 5.74) is 0.616. The molecule has 0 N–H and O–H groups in total. The number of carbonyl (C=O) groups is 1. The van der Waals surface area contributed by atoms with Crippen LogP contribution in [-0.4, -0.2) is 34.4 Å². The lowest BCUT2D eigenvalue weighted by Gasteiger charge is -2.14. The van der Waals surface area contributed by atoms with E-state index in [0.717, 1.165) is 0 Å². The van der Waals surface area contributed by atoms with Gasteiger partial charge in [0.15, 0.2) is 5.76 Å². The zero-order valence-electron chi connectivity index (χ0n) is 10.9. The van der Waals surface area contributed by atoms with Crippen LogP contribution in [0.2, 0.25) is 0 Å². The van der Waals surface area contributed by atoms with Crippen LogP contribution in [-0.2, 0) is 19.0 Å². The first-order valence-corrected chi connectivity index (χ1v) is 5.23. The number of hydrogen-bond donors (Lipinski definition) is 0. The molecule has 5 nitrogen and oxygen atoms in total. The molecule has 0 bridgehead atoms. The van der Waals surface area contributed by atoms with Gasteiger partial charge in [-0.2, -0.15) is 0 Å². The summed E-state index contributed by atoms with van der Waals surface area (Å²) in [5, 5.41) is 0. The maximum absolute atomic E-state index is 11.6. The van der Waals surface area contributed by atoms with E-state index < -0.39 is 5.97 Å². The molecule has 5 heteroatoms. The molecule has 0 aliphatic carbocycles. The van der Waals surface area contributed by atoms with E-state index in [4.69, 9.17) is 14.2 Å². The van der Waals surface area contributed by atoms with Crippen LogP contribution < -0.4 is 4.74 Å². The van der Waals surface area contributed by atoms with Crippen molar-refractivity contribution < 1.29 is 23.7 Å². The highest BCUT2D eigenvalue weighted by atomic mass is 16.6. The quantitative estimate of drug-likeness (QED) is 0.454. The van der Waals surface area contributed by atoms with Crippen molar-refractivity contribution in [2.75, 3.05) is 28.4 Å². The molecule has 0 aliphatic heterocycles. The summed E-state index contributed by atoms with van der Waals surface area (Å²) in [7, 11) is 5.64. The average Bonchev–Trinajstić information content (AvgIpc) is 2.43. The minimum Gasteiger partial charge on any atom is -0.496 e. The molecule has 1 aromatic carbocycles.